The highest BCUT2D eigenvalue weighted by Crippen LogP contribution is 2.21. The molecule has 0 fully saturated rings. The fourth-order valence-corrected chi connectivity index (χ4v) is 1.25. The summed E-state index contributed by atoms with van der Waals surface area (Å²) >= 11 is 0. The number of hydrogen-bond acceptors (Lipinski definition) is 2. The first kappa shape index (κ1) is 11.6. The molecule has 0 aliphatic rings. The molecule has 0 unspecified atom stereocenters. The van der Waals surface area contributed by atoms with Crippen LogP contribution in [0, 0.1) is 6.92 Å². The van der Waals surface area contributed by atoms with Crippen molar-refractivity contribution in [2.24, 2.45) is 0 Å². The molecular weight excluding hydrogens is 192 g/mol. The molecule has 0 saturated carbocycles. The molecule has 1 aromatic carbocycles. The van der Waals surface area contributed by atoms with Crippen molar-refractivity contribution in [3.8, 4) is 5.75 Å². The Bertz CT molecular complexity index is 375. The van der Waals surface area contributed by atoms with Gasteiger partial charge in [-0.2, -0.15) is 0 Å². The molecule has 3 heteroatoms. The van der Waals surface area contributed by atoms with Crippen molar-refractivity contribution < 1.29 is 14.6 Å². The SMILES string of the molecule is Cc1ccc(OC(C)(C)C)cc1C(=O)O. The number of carboxylic acid groups (broad SMARTS) is 1. The van der Waals surface area contributed by atoms with Gasteiger partial charge in [-0.1, -0.05) is 6.07 Å². The van der Waals surface area contributed by atoms with E-state index in [2.05, 4.69) is 0 Å². The highest BCUT2D eigenvalue weighted by Gasteiger charge is 2.14. The minimum Gasteiger partial charge on any atom is -0.488 e. The smallest absolute Gasteiger partial charge is 0.336 e. The molecule has 1 rings (SSSR count). The van der Waals surface area contributed by atoms with Crippen LogP contribution in [0.4, 0.5) is 0 Å². The molecule has 0 heterocycles. The summed E-state index contributed by atoms with van der Waals surface area (Å²) in [6.45, 7) is 7.54. The Kier molecular flexibility index (Phi) is 3.03. The van der Waals surface area contributed by atoms with Crippen molar-refractivity contribution in [2.75, 3.05) is 0 Å². The van der Waals surface area contributed by atoms with Gasteiger partial charge in [-0.25, -0.2) is 4.79 Å². The lowest BCUT2D eigenvalue weighted by Crippen LogP contribution is -2.23. The molecule has 0 aliphatic heterocycles. The van der Waals surface area contributed by atoms with Crippen molar-refractivity contribution in [3.63, 3.8) is 0 Å². The Hall–Kier alpha value is -1.51. The molecule has 82 valence electrons. The van der Waals surface area contributed by atoms with E-state index in [4.69, 9.17) is 9.84 Å². The molecule has 0 aromatic heterocycles. The number of aryl methyl sites for hydroxylation is 1. The summed E-state index contributed by atoms with van der Waals surface area (Å²) in [7, 11) is 0. The van der Waals surface area contributed by atoms with Crippen LogP contribution in [0.1, 0.15) is 36.7 Å². The lowest BCUT2D eigenvalue weighted by Gasteiger charge is -2.21. The zero-order chi connectivity index (χ0) is 11.6. The molecule has 0 saturated heterocycles. The average molecular weight is 208 g/mol. The molecule has 0 radical (unpaired) electrons. The molecule has 1 N–H and O–H groups in total. The molecule has 0 atom stereocenters. The molecule has 0 amide bonds. The quantitative estimate of drug-likeness (QED) is 0.812. The summed E-state index contributed by atoms with van der Waals surface area (Å²) in [6.07, 6.45) is 0. The first-order chi connectivity index (χ1) is 6.79. The van der Waals surface area contributed by atoms with Crippen molar-refractivity contribution in [1.29, 1.82) is 0 Å². The van der Waals surface area contributed by atoms with Gasteiger partial charge >= 0.3 is 5.97 Å². The average Bonchev–Trinajstić information content (AvgIpc) is 2.05. The Morgan fingerprint density at radius 2 is 1.93 bits per heavy atom. The predicted octanol–water partition coefficient (Wildman–Crippen LogP) is 2.87. The summed E-state index contributed by atoms with van der Waals surface area (Å²) in [5.74, 6) is -0.336. The van der Waals surface area contributed by atoms with E-state index in [1.807, 2.05) is 20.8 Å². The first-order valence-corrected chi connectivity index (χ1v) is 4.82. The highest BCUT2D eigenvalue weighted by molar-refractivity contribution is 5.89. The van der Waals surface area contributed by atoms with E-state index in [-0.39, 0.29) is 11.2 Å². The third-order valence-electron chi connectivity index (χ3n) is 1.86. The van der Waals surface area contributed by atoms with Gasteiger partial charge in [0.15, 0.2) is 0 Å². The number of carboxylic acids is 1. The summed E-state index contributed by atoms with van der Waals surface area (Å²) in [5.41, 5.74) is 0.714. The topological polar surface area (TPSA) is 46.5 Å². The lowest BCUT2D eigenvalue weighted by atomic mass is 10.1. The van der Waals surface area contributed by atoms with Crippen LogP contribution in [0.15, 0.2) is 18.2 Å². The minimum absolute atomic E-state index is 0.289. The fourth-order valence-electron chi connectivity index (χ4n) is 1.25. The Morgan fingerprint density at radius 3 is 2.40 bits per heavy atom. The van der Waals surface area contributed by atoms with Crippen molar-refractivity contribution in [3.05, 3.63) is 29.3 Å². The summed E-state index contributed by atoms with van der Waals surface area (Å²) in [4.78, 5) is 10.9. The van der Waals surface area contributed by atoms with Crippen LogP contribution in [0.3, 0.4) is 0 Å². The van der Waals surface area contributed by atoms with Gasteiger partial charge in [-0.15, -0.1) is 0 Å². The fraction of sp³-hybridized carbons (Fsp3) is 0.417. The second-order valence-corrected chi connectivity index (χ2v) is 4.50. The van der Waals surface area contributed by atoms with E-state index in [1.54, 1.807) is 25.1 Å². The number of aromatic carboxylic acids is 1. The van der Waals surface area contributed by atoms with Gasteiger partial charge in [-0.3, -0.25) is 0 Å². The molecule has 3 nitrogen and oxygen atoms in total. The van der Waals surface area contributed by atoms with E-state index in [0.29, 0.717) is 5.75 Å². The predicted molar refractivity (Wildman–Crippen MR) is 58.5 cm³/mol. The van der Waals surface area contributed by atoms with Gasteiger partial charge in [0.2, 0.25) is 0 Å². The molecular formula is C12H16O3. The van der Waals surface area contributed by atoms with Crippen molar-refractivity contribution in [1.82, 2.24) is 0 Å². The van der Waals surface area contributed by atoms with E-state index < -0.39 is 5.97 Å². The Labute approximate surface area is 89.7 Å². The van der Waals surface area contributed by atoms with Crippen LogP contribution in [0.5, 0.6) is 5.75 Å². The zero-order valence-corrected chi connectivity index (χ0v) is 9.50. The number of ether oxygens (including phenoxy) is 1. The summed E-state index contributed by atoms with van der Waals surface area (Å²) in [5, 5.41) is 8.93. The third-order valence-corrected chi connectivity index (χ3v) is 1.86. The summed E-state index contributed by atoms with van der Waals surface area (Å²) < 4.78 is 5.58. The maximum atomic E-state index is 10.9. The zero-order valence-electron chi connectivity index (χ0n) is 9.50. The largest absolute Gasteiger partial charge is 0.488 e. The Balaban J connectivity index is 3.03. The standard InChI is InChI=1S/C12H16O3/c1-8-5-6-9(15-12(2,3)4)7-10(8)11(13)14/h5-7H,1-4H3,(H,13,14). The van der Waals surface area contributed by atoms with Crippen LogP contribution in [0.25, 0.3) is 0 Å². The molecule has 0 aliphatic carbocycles. The van der Waals surface area contributed by atoms with Crippen molar-refractivity contribution >= 4 is 5.97 Å². The van der Waals surface area contributed by atoms with Crippen molar-refractivity contribution in [2.45, 2.75) is 33.3 Å². The molecule has 0 spiro atoms. The second kappa shape index (κ2) is 3.93. The molecule has 15 heavy (non-hydrogen) atoms. The second-order valence-electron chi connectivity index (χ2n) is 4.50. The molecule has 0 bridgehead atoms. The van der Waals surface area contributed by atoms with Gasteiger partial charge in [0.05, 0.1) is 5.56 Å². The number of benzene rings is 1. The van der Waals surface area contributed by atoms with Crippen LogP contribution < -0.4 is 4.74 Å². The van der Waals surface area contributed by atoms with Crippen LogP contribution in [-0.2, 0) is 0 Å². The summed E-state index contributed by atoms with van der Waals surface area (Å²) in [6, 6.07) is 5.10. The Morgan fingerprint density at radius 1 is 1.33 bits per heavy atom. The highest BCUT2D eigenvalue weighted by atomic mass is 16.5. The van der Waals surface area contributed by atoms with E-state index in [9.17, 15) is 4.79 Å². The van der Waals surface area contributed by atoms with Crippen LogP contribution in [0.2, 0.25) is 0 Å². The van der Waals surface area contributed by atoms with Gasteiger partial charge in [-0.05, 0) is 45.4 Å². The van der Waals surface area contributed by atoms with Crippen LogP contribution >= 0.6 is 0 Å². The number of hydrogen-bond donors (Lipinski definition) is 1. The first-order valence-electron chi connectivity index (χ1n) is 4.82. The van der Waals surface area contributed by atoms with E-state index in [0.717, 1.165) is 5.56 Å². The van der Waals surface area contributed by atoms with Gasteiger partial charge in [0.25, 0.3) is 0 Å². The van der Waals surface area contributed by atoms with E-state index in [1.165, 1.54) is 0 Å². The van der Waals surface area contributed by atoms with Gasteiger partial charge in [0.1, 0.15) is 11.4 Å². The number of carbonyl (C=O) groups is 1. The van der Waals surface area contributed by atoms with Gasteiger partial charge in [0, 0.05) is 0 Å². The van der Waals surface area contributed by atoms with E-state index >= 15 is 0 Å². The monoisotopic (exact) mass is 208 g/mol. The minimum atomic E-state index is -0.924. The third kappa shape index (κ3) is 3.27. The lowest BCUT2D eigenvalue weighted by molar-refractivity contribution is 0.0693. The normalized spacial score (nSPS) is 11.2. The maximum Gasteiger partial charge on any atom is 0.336 e. The number of rotatable bonds is 2. The van der Waals surface area contributed by atoms with Gasteiger partial charge < -0.3 is 9.84 Å². The molecule has 1 aromatic rings. The maximum absolute atomic E-state index is 10.9. The van der Waals surface area contributed by atoms with Crippen LogP contribution in [-0.4, -0.2) is 16.7 Å².